The summed E-state index contributed by atoms with van der Waals surface area (Å²) in [6.07, 6.45) is 3.20. The first-order chi connectivity index (χ1) is 9.54. The predicted octanol–water partition coefficient (Wildman–Crippen LogP) is 3.08. The molecule has 1 aromatic heterocycles. The fourth-order valence-corrected chi connectivity index (χ4v) is 4.49. The van der Waals surface area contributed by atoms with Gasteiger partial charge < -0.3 is 10.7 Å². The lowest BCUT2D eigenvalue weighted by atomic mass is 9.81. The number of hydrogen-bond acceptors (Lipinski definition) is 3. The fourth-order valence-electron chi connectivity index (χ4n) is 2.95. The Bertz CT molecular complexity index is 652. The molecule has 1 heterocycles. The molecular weight excluding hydrogens is 270 g/mol. The summed E-state index contributed by atoms with van der Waals surface area (Å²) in [5.74, 6) is 1.37. The molecule has 1 saturated carbocycles. The molecule has 0 aliphatic heterocycles. The Kier molecular flexibility index (Phi) is 3.54. The van der Waals surface area contributed by atoms with Gasteiger partial charge in [-0.3, -0.25) is 4.21 Å². The highest BCUT2D eigenvalue weighted by atomic mass is 32.2. The predicted molar refractivity (Wildman–Crippen MR) is 82.9 cm³/mol. The maximum atomic E-state index is 12.7. The lowest BCUT2D eigenvalue weighted by molar-refractivity contribution is 0.281. The molecule has 4 nitrogen and oxygen atoms in total. The zero-order chi connectivity index (χ0) is 14.3. The average Bonchev–Trinajstić information content (AvgIpc) is 2.84. The molecule has 0 bridgehead atoms. The third-order valence-corrected chi connectivity index (χ3v) is 6.14. The van der Waals surface area contributed by atoms with E-state index >= 15 is 0 Å². The summed E-state index contributed by atoms with van der Waals surface area (Å²) < 4.78 is 12.7. The number of anilines is 1. The maximum Gasteiger partial charge on any atom is 0.197 e. The number of hydrogen-bond donors (Lipinski definition) is 2. The van der Waals surface area contributed by atoms with Gasteiger partial charge in [0.2, 0.25) is 0 Å². The number of H-pyrrole nitrogens is 1. The zero-order valence-corrected chi connectivity index (χ0v) is 12.7. The van der Waals surface area contributed by atoms with Crippen molar-refractivity contribution in [2.75, 3.05) is 5.73 Å². The van der Waals surface area contributed by atoms with Crippen molar-refractivity contribution in [3.63, 3.8) is 0 Å². The quantitative estimate of drug-likeness (QED) is 0.835. The number of nitrogen functional groups attached to an aromatic ring is 1. The Morgan fingerprint density at radius 2 is 2.10 bits per heavy atom. The standard InChI is InChI=1S/C15H21N3OS/c1-9-3-5-12(7-10(9)2)20(19)15-17-13-6-4-11(16)8-14(13)18-15/h4,6,8-10,12H,3,5,7,16H2,1-2H3,(H,17,18). The van der Waals surface area contributed by atoms with E-state index in [1.54, 1.807) is 0 Å². The van der Waals surface area contributed by atoms with Gasteiger partial charge in [0.1, 0.15) is 0 Å². The van der Waals surface area contributed by atoms with E-state index in [0.29, 0.717) is 16.8 Å². The number of aromatic amines is 1. The highest BCUT2D eigenvalue weighted by Crippen LogP contribution is 2.33. The fraction of sp³-hybridized carbons (Fsp3) is 0.533. The van der Waals surface area contributed by atoms with Crippen molar-refractivity contribution in [3.05, 3.63) is 18.2 Å². The van der Waals surface area contributed by atoms with E-state index in [4.69, 9.17) is 5.73 Å². The average molecular weight is 291 g/mol. The Balaban J connectivity index is 1.85. The molecule has 1 aliphatic carbocycles. The first-order valence-electron chi connectivity index (χ1n) is 7.20. The number of rotatable bonds is 2. The number of benzene rings is 1. The van der Waals surface area contributed by atoms with E-state index < -0.39 is 10.8 Å². The van der Waals surface area contributed by atoms with Crippen molar-refractivity contribution < 1.29 is 4.21 Å². The van der Waals surface area contributed by atoms with E-state index in [9.17, 15) is 4.21 Å². The number of fused-ring (bicyclic) bond motifs is 1. The largest absolute Gasteiger partial charge is 0.399 e. The van der Waals surface area contributed by atoms with Crippen LogP contribution < -0.4 is 5.73 Å². The third-order valence-electron chi connectivity index (χ3n) is 4.53. The number of nitrogens with zero attached hydrogens (tertiary/aromatic N) is 1. The van der Waals surface area contributed by atoms with Gasteiger partial charge in [-0.05, 0) is 49.3 Å². The number of nitrogens with two attached hydrogens (primary N) is 1. The van der Waals surface area contributed by atoms with Crippen LogP contribution in [0.2, 0.25) is 0 Å². The molecular formula is C15H21N3OS. The summed E-state index contributed by atoms with van der Waals surface area (Å²) in [4.78, 5) is 7.63. The highest BCUT2D eigenvalue weighted by molar-refractivity contribution is 7.85. The van der Waals surface area contributed by atoms with Crippen LogP contribution in [0.4, 0.5) is 5.69 Å². The lowest BCUT2D eigenvalue weighted by Crippen LogP contribution is -2.28. The SMILES string of the molecule is CC1CCC(S(=O)c2nc3ccc(N)cc3[nH]2)CC1C. The van der Waals surface area contributed by atoms with Gasteiger partial charge in [-0.2, -0.15) is 0 Å². The summed E-state index contributed by atoms with van der Waals surface area (Å²) in [5, 5.41) is 0.816. The van der Waals surface area contributed by atoms with E-state index in [1.165, 1.54) is 0 Å². The Morgan fingerprint density at radius 3 is 2.85 bits per heavy atom. The second-order valence-electron chi connectivity index (χ2n) is 6.01. The summed E-state index contributed by atoms with van der Waals surface area (Å²) in [5.41, 5.74) is 8.15. The summed E-state index contributed by atoms with van der Waals surface area (Å²) in [6, 6.07) is 5.53. The molecule has 0 saturated heterocycles. The molecule has 1 aliphatic rings. The van der Waals surface area contributed by atoms with Crippen LogP contribution in [0.15, 0.2) is 23.4 Å². The van der Waals surface area contributed by atoms with E-state index in [1.807, 2.05) is 18.2 Å². The summed E-state index contributed by atoms with van der Waals surface area (Å²) in [6.45, 7) is 4.54. The second-order valence-corrected chi connectivity index (χ2v) is 7.65. The molecule has 2 aromatic rings. The van der Waals surface area contributed by atoms with Gasteiger partial charge in [0.05, 0.1) is 21.8 Å². The smallest absolute Gasteiger partial charge is 0.197 e. The normalized spacial score (nSPS) is 28.6. The van der Waals surface area contributed by atoms with Crippen LogP contribution in [0.25, 0.3) is 11.0 Å². The monoisotopic (exact) mass is 291 g/mol. The van der Waals surface area contributed by atoms with Crippen molar-refractivity contribution in [1.29, 1.82) is 0 Å². The van der Waals surface area contributed by atoms with E-state index in [2.05, 4.69) is 23.8 Å². The van der Waals surface area contributed by atoms with Gasteiger partial charge in [0.25, 0.3) is 0 Å². The Labute approximate surface area is 121 Å². The Hall–Kier alpha value is -1.36. The molecule has 1 aromatic carbocycles. The molecule has 3 N–H and O–H groups in total. The van der Waals surface area contributed by atoms with Crippen molar-refractivity contribution in [2.45, 2.75) is 43.5 Å². The van der Waals surface area contributed by atoms with Gasteiger partial charge in [0, 0.05) is 10.9 Å². The molecule has 0 amide bonds. The molecule has 108 valence electrons. The summed E-state index contributed by atoms with van der Waals surface area (Å²) in [7, 11) is -1.05. The van der Waals surface area contributed by atoms with Crippen LogP contribution in [-0.4, -0.2) is 19.4 Å². The van der Waals surface area contributed by atoms with Crippen LogP contribution in [0.1, 0.15) is 33.1 Å². The molecule has 5 heteroatoms. The lowest BCUT2D eigenvalue weighted by Gasteiger charge is -2.30. The Morgan fingerprint density at radius 1 is 1.30 bits per heavy atom. The molecule has 3 rings (SSSR count). The van der Waals surface area contributed by atoms with Crippen LogP contribution in [-0.2, 0) is 10.8 Å². The van der Waals surface area contributed by atoms with Gasteiger partial charge >= 0.3 is 0 Å². The van der Waals surface area contributed by atoms with Crippen LogP contribution >= 0.6 is 0 Å². The van der Waals surface area contributed by atoms with Gasteiger partial charge in [-0.25, -0.2) is 4.98 Å². The molecule has 0 radical (unpaired) electrons. The van der Waals surface area contributed by atoms with Crippen LogP contribution in [0.5, 0.6) is 0 Å². The topological polar surface area (TPSA) is 71.8 Å². The third kappa shape index (κ3) is 2.46. The minimum atomic E-state index is -1.05. The molecule has 0 spiro atoms. The summed E-state index contributed by atoms with van der Waals surface area (Å²) >= 11 is 0. The van der Waals surface area contributed by atoms with Crippen molar-refractivity contribution in [1.82, 2.24) is 9.97 Å². The molecule has 1 fully saturated rings. The van der Waals surface area contributed by atoms with Gasteiger partial charge in [-0.1, -0.05) is 13.8 Å². The van der Waals surface area contributed by atoms with Crippen molar-refractivity contribution in [2.24, 2.45) is 11.8 Å². The number of aromatic nitrogens is 2. The minimum Gasteiger partial charge on any atom is -0.399 e. The van der Waals surface area contributed by atoms with E-state index in [0.717, 1.165) is 36.2 Å². The molecule has 20 heavy (non-hydrogen) atoms. The van der Waals surface area contributed by atoms with E-state index in [-0.39, 0.29) is 5.25 Å². The maximum absolute atomic E-state index is 12.7. The first-order valence-corrected chi connectivity index (χ1v) is 8.41. The van der Waals surface area contributed by atoms with Crippen molar-refractivity contribution >= 4 is 27.5 Å². The van der Waals surface area contributed by atoms with Crippen molar-refractivity contribution in [3.8, 4) is 0 Å². The van der Waals surface area contributed by atoms with Gasteiger partial charge in [-0.15, -0.1) is 0 Å². The van der Waals surface area contributed by atoms with Crippen LogP contribution in [0, 0.1) is 11.8 Å². The number of nitrogens with one attached hydrogen (secondary N) is 1. The minimum absolute atomic E-state index is 0.221. The molecule has 4 atom stereocenters. The first kappa shape index (κ1) is 13.6. The molecule has 4 unspecified atom stereocenters. The van der Waals surface area contributed by atoms with Crippen LogP contribution in [0.3, 0.4) is 0 Å². The highest BCUT2D eigenvalue weighted by Gasteiger charge is 2.30. The van der Waals surface area contributed by atoms with Gasteiger partial charge in [0.15, 0.2) is 5.16 Å². The second kappa shape index (κ2) is 5.20. The number of imidazole rings is 1. The zero-order valence-electron chi connectivity index (χ0n) is 11.9.